The zero-order chi connectivity index (χ0) is 8.27. The molecule has 1 heterocycles. The minimum atomic E-state index is -0.758. The highest BCUT2D eigenvalue weighted by molar-refractivity contribution is 5.67. The van der Waals surface area contributed by atoms with Crippen molar-refractivity contribution in [2.24, 2.45) is 0 Å². The molecule has 0 unspecified atom stereocenters. The van der Waals surface area contributed by atoms with Crippen molar-refractivity contribution in [3.63, 3.8) is 0 Å². The Morgan fingerprint density at radius 2 is 2.09 bits per heavy atom. The van der Waals surface area contributed by atoms with Crippen molar-refractivity contribution in [1.29, 1.82) is 0 Å². The van der Waals surface area contributed by atoms with Crippen LogP contribution in [0.1, 0.15) is 19.4 Å². The van der Waals surface area contributed by atoms with E-state index in [2.05, 4.69) is 0 Å². The highest BCUT2D eigenvalue weighted by Crippen LogP contribution is 2.09. The number of aromatic nitrogens is 1. The summed E-state index contributed by atoms with van der Waals surface area (Å²) >= 11 is 0. The molecule has 0 aliphatic heterocycles. The van der Waals surface area contributed by atoms with Gasteiger partial charge in [0, 0.05) is 18.4 Å². The SMILES string of the molecule is C[C@@H](CC(=O)O)n1cccc1. The van der Waals surface area contributed by atoms with Gasteiger partial charge in [-0.25, -0.2) is 0 Å². The Morgan fingerprint density at radius 3 is 2.55 bits per heavy atom. The Balaban J connectivity index is 2.56. The van der Waals surface area contributed by atoms with E-state index < -0.39 is 5.97 Å². The van der Waals surface area contributed by atoms with Crippen molar-refractivity contribution in [1.82, 2.24) is 4.57 Å². The first-order valence-electron chi connectivity index (χ1n) is 3.54. The number of carboxylic acids is 1. The first-order chi connectivity index (χ1) is 5.20. The predicted molar refractivity (Wildman–Crippen MR) is 41.4 cm³/mol. The summed E-state index contributed by atoms with van der Waals surface area (Å²) in [7, 11) is 0. The average molecular weight is 153 g/mol. The second-order valence-electron chi connectivity index (χ2n) is 2.58. The minimum Gasteiger partial charge on any atom is -0.481 e. The Hall–Kier alpha value is -1.25. The quantitative estimate of drug-likeness (QED) is 0.715. The summed E-state index contributed by atoms with van der Waals surface area (Å²) in [5.41, 5.74) is 0. The van der Waals surface area contributed by atoms with Gasteiger partial charge in [-0.15, -0.1) is 0 Å². The van der Waals surface area contributed by atoms with E-state index in [1.165, 1.54) is 0 Å². The summed E-state index contributed by atoms with van der Waals surface area (Å²) in [4.78, 5) is 10.3. The lowest BCUT2D eigenvalue weighted by Crippen LogP contribution is -2.08. The van der Waals surface area contributed by atoms with E-state index in [1.54, 1.807) is 0 Å². The molecule has 0 saturated heterocycles. The molecule has 1 atom stereocenters. The van der Waals surface area contributed by atoms with Crippen LogP contribution in [-0.4, -0.2) is 15.6 Å². The number of hydrogen-bond acceptors (Lipinski definition) is 1. The van der Waals surface area contributed by atoms with Gasteiger partial charge in [0.2, 0.25) is 0 Å². The minimum absolute atomic E-state index is 0.0440. The lowest BCUT2D eigenvalue weighted by molar-refractivity contribution is -0.137. The van der Waals surface area contributed by atoms with E-state index in [0.29, 0.717) is 0 Å². The first kappa shape index (κ1) is 7.85. The van der Waals surface area contributed by atoms with Gasteiger partial charge in [-0.05, 0) is 19.1 Å². The largest absolute Gasteiger partial charge is 0.481 e. The number of carboxylic acid groups (broad SMARTS) is 1. The second-order valence-corrected chi connectivity index (χ2v) is 2.58. The molecule has 0 aromatic carbocycles. The molecule has 3 heteroatoms. The summed E-state index contributed by atoms with van der Waals surface area (Å²) < 4.78 is 1.88. The molecule has 0 amide bonds. The van der Waals surface area contributed by atoms with Gasteiger partial charge in [-0.3, -0.25) is 4.79 Å². The van der Waals surface area contributed by atoms with Crippen LogP contribution in [0.2, 0.25) is 0 Å². The number of aliphatic carboxylic acids is 1. The standard InChI is InChI=1S/C8H11NO2/c1-7(6-8(10)11)9-4-2-3-5-9/h2-5,7H,6H2,1H3,(H,10,11)/t7-/m0/s1. The van der Waals surface area contributed by atoms with Gasteiger partial charge < -0.3 is 9.67 Å². The van der Waals surface area contributed by atoms with Crippen LogP contribution in [0, 0.1) is 0 Å². The predicted octanol–water partition coefficient (Wildman–Crippen LogP) is 1.52. The maximum absolute atomic E-state index is 10.3. The van der Waals surface area contributed by atoms with Crippen molar-refractivity contribution >= 4 is 5.97 Å². The molecule has 0 fully saturated rings. The Morgan fingerprint density at radius 1 is 1.55 bits per heavy atom. The topological polar surface area (TPSA) is 42.2 Å². The monoisotopic (exact) mass is 153 g/mol. The van der Waals surface area contributed by atoms with Crippen LogP contribution in [-0.2, 0) is 4.79 Å². The van der Waals surface area contributed by atoms with E-state index >= 15 is 0 Å². The fourth-order valence-corrected chi connectivity index (χ4v) is 1.000. The van der Waals surface area contributed by atoms with Crippen molar-refractivity contribution in [3.05, 3.63) is 24.5 Å². The maximum Gasteiger partial charge on any atom is 0.305 e. The van der Waals surface area contributed by atoms with Crippen molar-refractivity contribution in [3.8, 4) is 0 Å². The lowest BCUT2D eigenvalue weighted by Gasteiger charge is -2.09. The Bertz CT molecular complexity index is 228. The molecule has 0 aliphatic carbocycles. The maximum atomic E-state index is 10.3. The summed E-state index contributed by atoms with van der Waals surface area (Å²) in [6.07, 6.45) is 3.91. The van der Waals surface area contributed by atoms with Crippen LogP contribution in [0.15, 0.2) is 24.5 Å². The van der Waals surface area contributed by atoms with Gasteiger partial charge in [0.15, 0.2) is 0 Å². The second kappa shape index (κ2) is 3.23. The third kappa shape index (κ3) is 2.11. The van der Waals surface area contributed by atoms with Gasteiger partial charge in [-0.2, -0.15) is 0 Å². The Labute approximate surface area is 65.3 Å². The molecule has 0 saturated carbocycles. The third-order valence-electron chi connectivity index (χ3n) is 1.61. The fraction of sp³-hybridized carbons (Fsp3) is 0.375. The van der Waals surface area contributed by atoms with E-state index in [1.807, 2.05) is 36.0 Å². The Kier molecular flexibility index (Phi) is 2.31. The van der Waals surface area contributed by atoms with Crippen LogP contribution in [0.3, 0.4) is 0 Å². The average Bonchev–Trinajstić information content (AvgIpc) is 2.35. The molecule has 0 bridgehead atoms. The van der Waals surface area contributed by atoms with Crippen LogP contribution >= 0.6 is 0 Å². The summed E-state index contributed by atoms with van der Waals surface area (Å²) in [5.74, 6) is -0.758. The zero-order valence-corrected chi connectivity index (χ0v) is 6.40. The van der Waals surface area contributed by atoms with Crippen LogP contribution in [0.5, 0.6) is 0 Å². The van der Waals surface area contributed by atoms with Gasteiger partial charge in [0.05, 0.1) is 6.42 Å². The van der Waals surface area contributed by atoms with Crippen LogP contribution in [0.25, 0.3) is 0 Å². The highest BCUT2D eigenvalue weighted by atomic mass is 16.4. The van der Waals surface area contributed by atoms with Crippen molar-refractivity contribution < 1.29 is 9.90 Å². The molecule has 1 aromatic rings. The number of carbonyl (C=O) groups is 1. The van der Waals surface area contributed by atoms with E-state index in [9.17, 15) is 4.79 Å². The molecule has 0 radical (unpaired) electrons. The van der Waals surface area contributed by atoms with Gasteiger partial charge in [0.25, 0.3) is 0 Å². The van der Waals surface area contributed by atoms with Gasteiger partial charge in [-0.1, -0.05) is 0 Å². The normalized spacial score (nSPS) is 12.8. The van der Waals surface area contributed by atoms with Crippen molar-refractivity contribution in [2.75, 3.05) is 0 Å². The zero-order valence-electron chi connectivity index (χ0n) is 6.40. The number of rotatable bonds is 3. The highest BCUT2D eigenvalue weighted by Gasteiger charge is 2.06. The molecule has 0 spiro atoms. The molecule has 1 N–H and O–H groups in total. The molecule has 0 aliphatic rings. The smallest absolute Gasteiger partial charge is 0.305 e. The van der Waals surface area contributed by atoms with Crippen molar-refractivity contribution in [2.45, 2.75) is 19.4 Å². The third-order valence-corrected chi connectivity index (χ3v) is 1.61. The van der Waals surface area contributed by atoms with Gasteiger partial charge >= 0.3 is 5.97 Å². The van der Waals surface area contributed by atoms with Crippen LogP contribution in [0.4, 0.5) is 0 Å². The molecular weight excluding hydrogens is 142 g/mol. The molecule has 60 valence electrons. The fourth-order valence-electron chi connectivity index (χ4n) is 1.000. The lowest BCUT2D eigenvalue weighted by atomic mass is 10.2. The van der Waals surface area contributed by atoms with E-state index in [4.69, 9.17) is 5.11 Å². The molecule has 11 heavy (non-hydrogen) atoms. The summed E-state index contributed by atoms with van der Waals surface area (Å²) in [6.45, 7) is 1.88. The van der Waals surface area contributed by atoms with Gasteiger partial charge in [0.1, 0.15) is 0 Å². The van der Waals surface area contributed by atoms with E-state index in [0.717, 1.165) is 0 Å². The molecule has 1 aromatic heterocycles. The number of hydrogen-bond donors (Lipinski definition) is 1. The number of nitrogens with zero attached hydrogens (tertiary/aromatic N) is 1. The molecule has 1 rings (SSSR count). The first-order valence-corrected chi connectivity index (χ1v) is 3.54. The molecule has 3 nitrogen and oxygen atoms in total. The van der Waals surface area contributed by atoms with Crippen LogP contribution < -0.4 is 0 Å². The summed E-state index contributed by atoms with van der Waals surface area (Å²) in [5, 5.41) is 8.47. The summed E-state index contributed by atoms with van der Waals surface area (Å²) in [6, 6.07) is 3.82. The molecular formula is C8H11NO2. The van der Waals surface area contributed by atoms with E-state index in [-0.39, 0.29) is 12.5 Å².